The molecule has 2 nitrogen and oxygen atoms in total. The number of nitrogens with one attached hydrogen (secondary N) is 1. The quantitative estimate of drug-likeness (QED) is 0.543. The lowest BCUT2D eigenvalue weighted by Crippen LogP contribution is -2.18. The third-order valence-corrected chi connectivity index (χ3v) is 3.79. The maximum absolute atomic E-state index is 12.1. The van der Waals surface area contributed by atoms with E-state index in [0.29, 0.717) is 6.54 Å². The third kappa shape index (κ3) is 7.21. The Morgan fingerprint density at radius 1 is 1.40 bits per heavy atom. The first kappa shape index (κ1) is 17.4. The summed E-state index contributed by atoms with van der Waals surface area (Å²) < 4.78 is 40.5. The molecule has 1 aromatic carbocycles. The fraction of sp³-hybridized carbons (Fsp3) is 0.385. The average molecular weight is 370 g/mol. The van der Waals surface area contributed by atoms with Gasteiger partial charge < -0.3 is 10.1 Å². The van der Waals surface area contributed by atoms with Gasteiger partial charge in [0.05, 0.1) is 4.47 Å². The Kier molecular flexibility index (Phi) is 7.47. The van der Waals surface area contributed by atoms with Crippen LogP contribution in [0.25, 0.3) is 0 Å². The van der Waals surface area contributed by atoms with Crippen molar-refractivity contribution in [2.45, 2.75) is 12.9 Å². The molecule has 0 amide bonds. The third-order valence-electron chi connectivity index (χ3n) is 2.21. The predicted octanol–water partition coefficient (Wildman–Crippen LogP) is 4.36. The lowest BCUT2D eigenvalue weighted by Gasteiger charge is -2.12. The van der Waals surface area contributed by atoms with Crippen LogP contribution in [0.1, 0.15) is 5.56 Å². The molecule has 1 N–H and O–H groups in total. The molecule has 0 aliphatic heterocycles. The summed E-state index contributed by atoms with van der Waals surface area (Å²) in [5.74, 6) is 1.64. The Morgan fingerprint density at radius 2 is 2.15 bits per heavy atom. The normalized spacial score (nSPS) is 11.4. The molecule has 0 radical (unpaired) electrons. The van der Waals surface area contributed by atoms with E-state index in [-0.39, 0.29) is 10.2 Å². The van der Waals surface area contributed by atoms with Crippen molar-refractivity contribution in [3.8, 4) is 5.75 Å². The van der Waals surface area contributed by atoms with Gasteiger partial charge in [-0.15, -0.1) is 19.8 Å². The molecule has 0 aliphatic carbocycles. The minimum atomic E-state index is -4.68. The monoisotopic (exact) mass is 369 g/mol. The van der Waals surface area contributed by atoms with Gasteiger partial charge in [-0.2, -0.15) is 11.8 Å². The Morgan fingerprint density at radius 3 is 2.75 bits per heavy atom. The topological polar surface area (TPSA) is 21.3 Å². The number of ether oxygens (including phenoxy) is 1. The molecule has 112 valence electrons. The smallest absolute Gasteiger partial charge is 0.405 e. The second-order valence-electron chi connectivity index (χ2n) is 3.85. The van der Waals surface area contributed by atoms with Crippen LogP contribution >= 0.6 is 27.7 Å². The number of hydrogen-bond acceptors (Lipinski definition) is 3. The SMILES string of the molecule is C=CCSCCNCc1ccc(OC(F)(F)F)c(Br)c1. The zero-order valence-corrected chi connectivity index (χ0v) is 13.1. The summed E-state index contributed by atoms with van der Waals surface area (Å²) in [6.07, 6.45) is -2.83. The Balaban J connectivity index is 2.41. The summed E-state index contributed by atoms with van der Waals surface area (Å²) in [6, 6.07) is 4.53. The number of hydrogen-bond donors (Lipinski definition) is 1. The highest BCUT2D eigenvalue weighted by molar-refractivity contribution is 9.10. The van der Waals surface area contributed by atoms with Crippen molar-refractivity contribution >= 4 is 27.7 Å². The summed E-state index contributed by atoms with van der Waals surface area (Å²) in [7, 11) is 0. The van der Waals surface area contributed by atoms with E-state index < -0.39 is 6.36 Å². The molecule has 0 fully saturated rings. The average Bonchev–Trinajstić information content (AvgIpc) is 2.35. The molecule has 0 bridgehead atoms. The van der Waals surface area contributed by atoms with Crippen molar-refractivity contribution in [3.05, 3.63) is 40.9 Å². The van der Waals surface area contributed by atoms with Gasteiger partial charge in [-0.25, -0.2) is 0 Å². The van der Waals surface area contributed by atoms with Crippen LogP contribution in [0.3, 0.4) is 0 Å². The zero-order valence-electron chi connectivity index (χ0n) is 10.7. The molecule has 1 rings (SSSR count). The maximum atomic E-state index is 12.1. The number of thioether (sulfide) groups is 1. The van der Waals surface area contributed by atoms with E-state index in [1.165, 1.54) is 6.07 Å². The van der Waals surface area contributed by atoms with Gasteiger partial charge in [0, 0.05) is 24.6 Å². The lowest BCUT2D eigenvalue weighted by atomic mass is 10.2. The molecule has 0 unspecified atom stereocenters. The van der Waals surface area contributed by atoms with Gasteiger partial charge in [-0.05, 0) is 33.6 Å². The van der Waals surface area contributed by atoms with Crippen LogP contribution in [0.4, 0.5) is 13.2 Å². The van der Waals surface area contributed by atoms with Crippen LogP contribution in [-0.2, 0) is 6.54 Å². The van der Waals surface area contributed by atoms with Crippen LogP contribution in [-0.4, -0.2) is 24.4 Å². The first-order valence-corrected chi connectivity index (χ1v) is 7.80. The van der Waals surface area contributed by atoms with E-state index in [0.717, 1.165) is 23.6 Å². The molecule has 1 aromatic rings. The molecule has 7 heteroatoms. The van der Waals surface area contributed by atoms with Gasteiger partial charge in [0.2, 0.25) is 0 Å². The maximum Gasteiger partial charge on any atom is 0.573 e. The van der Waals surface area contributed by atoms with Crippen LogP contribution in [0.5, 0.6) is 5.75 Å². The van der Waals surface area contributed by atoms with Crippen LogP contribution in [0.2, 0.25) is 0 Å². The first-order chi connectivity index (χ1) is 9.42. The number of rotatable bonds is 8. The fourth-order valence-corrected chi connectivity index (χ4v) is 2.53. The van der Waals surface area contributed by atoms with Crippen molar-refractivity contribution in [1.29, 1.82) is 0 Å². The van der Waals surface area contributed by atoms with Gasteiger partial charge in [0.15, 0.2) is 0 Å². The molecule has 0 aliphatic rings. The van der Waals surface area contributed by atoms with Crippen molar-refractivity contribution in [2.24, 2.45) is 0 Å². The van der Waals surface area contributed by atoms with Gasteiger partial charge in [0.1, 0.15) is 5.75 Å². The largest absolute Gasteiger partial charge is 0.573 e. The highest BCUT2D eigenvalue weighted by Gasteiger charge is 2.31. The molecule has 0 saturated heterocycles. The van der Waals surface area contributed by atoms with Crippen LogP contribution in [0, 0.1) is 0 Å². The van der Waals surface area contributed by atoms with Crippen molar-refractivity contribution in [1.82, 2.24) is 5.32 Å². The van der Waals surface area contributed by atoms with E-state index in [1.54, 1.807) is 23.9 Å². The van der Waals surface area contributed by atoms with E-state index in [9.17, 15) is 13.2 Å². The van der Waals surface area contributed by atoms with Gasteiger partial charge in [-0.1, -0.05) is 12.1 Å². The van der Waals surface area contributed by atoms with Crippen molar-refractivity contribution < 1.29 is 17.9 Å². The summed E-state index contributed by atoms with van der Waals surface area (Å²) in [4.78, 5) is 0. The fourth-order valence-electron chi connectivity index (χ4n) is 1.41. The predicted molar refractivity (Wildman–Crippen MR) is 80.1 cm³/mol. The second kappa shape index (κ2) is 8.59. The zero-order chi connectivity index (χ0) is 15.0. The Labute approximate surface area is 128 Å². The summed E-state index contributed by atoms with van der Waals surface area (Å²) in [5.41, 5.74) is 0.889. The summed E-state index contributed by atoms with van der Waals surface area (Å²) in [5, 5.41) is 3.22. The van der Waals surface area contributed by atoms with Crippen molar-refractivity contribution in [2.75, 3.05) is 18.1 Å². The second-order valence-corrected chi connectivity index (χ2v) is 5.86. The minimum absolute atomic E-state index is 0.234. The van der Waals surface area contributed by atoms with Gasteiger partial charge in [-0.3, -0.25) is 0 Å². The number of alkyl halides is 3. The van der Waals surface area contributed by atoms with E-state index in [1.807, 2.05) is 6.08 Å². The Hall–Kier alpha value is -0.660. The number of benzene rings is 1. The van der Waals surface area contributed by atoms with Crippen LogP contribution in [0.15, 0.2) is 35.3 Å². The minimum Gasteiger partial charge on any atom is -0.405 e. The van der Waals surface area contributed by atoms with E-state index in [4.69, 9.17) is 0 Å². The molecule has 0 atom stereocenters. The molecule has 20 heavy (non-hydrogen) atoms. The lowest BCUT2D eigenvalue weighted by molar-refractivity contribution is -0.274. The first-order valence-electron chi connectivity index (χ1n) is 5.86. The standard InChI is InChI=1S/C13H15BrF3NOS/c1-2-6-20-7-5-18-9-10-3-4-12(11(14)8-10)19-13(15,16)17/h2-4,8,18H,1,5-7,9H2. The number of halogens is 4. The summed E-state index contributed by atoms with van der Waals surface area (Å²) >= 11 is 4.84. The molecular formula is C13H15BrF3NOS. The van der Waals surface area contributed by atoms with E-state index in [2.05, 4.69) is 32.6 Å². The Bertz CT molecular complexity index is 440. The molecule has 0 spiro atoms. The highest BCUT2D eigenvalue weighted by atomic mass is 79.9. The van der Waals surface area contributed by atoms with E-state index >= 15 is 0 Å². The van der Waals surface area contributed by atoms with Gasteiger partial charge in [0.25, 0.3) is 0 Å². The van der Waals surface area contributed by atoms with Crippen LogP contribution < -0.4 is 10.1 Å². The highest BCUT2D eigenvalue weighted by Crippen LogP contribution is 2.30. The summed E-state index contributed by atoms with van der Waals surface area (Å²) in [6.45, 7) is 5.06. The van der Waals surface area contributed by atoms with Gasteiger partial charge >= 0.3 is 6.36 Å². The molecular weight excluding hydrogens is 355 g/mol. The molecule has 0 aromatic heterocycles. The molecule has 0 saturated carbocycles. The van der Waals surface area contributed by atoms with Crippen molar-refractivity contribution in [3.63, 3.8) is 0 Å². The molecule has 0 heterocycles.